The van der Waals surface area contributed by atoms with Gasteiger partial charge in [0.25, 0.3) is 0 Å². The molecule has 14 nitrogen and oxygen atoms in total. The number of pyridine rings is 1. The van der Waals surface area contributed by atoms with E-state index >= 15 is 0 Å². The van der Waals surface area contributed by atoms with Crippen molar-refractivity contribution < 1.29 is 47.8 Å². The second-order valence-electron chi connectivity index (χ2n) is 12.0. The first-order chi connectivity index (χ1) is 25.9. The van der Waals surface area contributed by atoms with Crippen LogP contribution in [0, 0.1) is 0 Å². The predicted molar refractivity (Wildman–Crippen MR) is 211 cm³/mol. The van der Waals surface area contributed by atoms with Crippen molar-refractivity contribution in [2.75, 3.05) is 89.8 Å². The van der Waals surface area contributed by atoms with Crippen molar-refractivity contribution in [1.29, 1.82) is 0 Å². The Morgan fingerprint density at radius 2 is 1.40 bits per heavy atom. The third-order valence-electron chi connectivity index (χ3n) is 7.45. The topological polar surface area (TPSA) is 179 Å². The lowest BCUT2D eigenvalue weighted by Gasteiger charge is -2.19. The minimum atomic E-state index is -4.50. The van der Waals surface area contributed by atoms with Crippen molar-refractivity contribution in [3.63, 3.8) is 0 Å². The molecule has 0 aliphatic rings. The van der Waals surface area contributed by atoms with Gasteiger partial charge in [0.15, 0.2) is 0 Å². The summed E-state index contributed by atoms with van der Waals surface area (Å²) in [5, 5.41) is 3.69. The Hall–Kier alpha value is -1.63. The van der Waals surface area contributed by atoms with Crippen LogP contribution in [0.4, 0.5) is 5.69 Å². The van der Waals surface area contributed by atoms with Gasteiger partial charge in [0.2, 0.25) is 5.91 Å². The molecule has 0 aliphatic carbocycles. The summed E-state index contributed by atoms with van der Waals surface area (Å²) in [5.41, 5.74) is 7.08. The predicted octanol–water partition coefficient (Wildman–Crippen LogP) is 5.80. The molecule has 0 fully saturated rings. The number of benzene rings is 1. The zero-order valence-corrected chi connectivity index (χ0v) is 33.7. The van der Waals surface area contributed by atoms with Gasteiger partial charge in [0.1, 0.15) is 11.1 Å². The minimum Gasteiger partial charge on any atom is -0.378 e. The van der Waals surface area contributed by atoms with Gasteiger partial charge in [-0.3, -0.25) is 14.2 Å². The quantitative estimate of drug-likeness (QED) is 0.0241. The molecule has 0 saturated heterocycles. The number of ether oxygens (including phenoxy) is 4. The highest BCUT2D eigenvalue weighted by Gasteiger charge is 2.28. The van der Waals surface area contributed by atoms with Crippen LogP contribution in [0.25, 0.3) is 0 Å². The lowest BCUT2D eigenvalue weighted by molar-refractivity contribution is -0.122. The van der Waals surface area contributed by atoms with Crippen LogP contribution >= 0.6 is 29.2 Å². The number of anilines is 1. The van der Waals surface area contributed by atoms with E-state index in [-0.39, 0.29) is 13.2 Å². The molecule has 1 atom stereocenters. The van der Waals surface area contributed by atoms with Crippen molar-refractivity contribution in [1.82, 2.24) is 15.9 Å². The van der Waals surface area contributed by atoms with Crippen LogP contribution in [-0.4, -0.2) is 111 Å². The summed E-state index contributed by atoms with van der Waals surface area (Å²) in [6.45, 7) is 6.62. The van der Waals surface area contributed by atoms with E-state index in [4.69, 9.17) is 28.6 Å². The summed E-state index contributed by atoms with van der Waals surface area (Å²) in [6, 6.07) is 12.1. The molecule has 1 amide bonds. The Labute approximate surface area is 323 Å². The highest BCUT2D eigenvalue weighted by molar-refractivity contribution is 8.76. The molecule has 302 valence electrons. The first-order valence-corrected chi connectivity index (χ1v) is 22.7. The molecule has 1 aromatic heterocycles. The molecule has 0 radical (unpaired) electrons. The highest BCUT2D eigenvalue weighted by Crippen LogP contribution is 2.35. The molecule has 0 spiro atoms. The smallest absolute Gasteiger partial charge is 0.327 e. The number of rotatable bonds is 36. The summed E-state index contributed by atoms with van der Waals surface area (Å²) in [5.74, 6) is 0.233. The lowest BCUT2D eigenvalue weighted by Crippen LogP contribution is -2.43. The van der Waals surface area contributed by atoms with Gasteiger partial charge in [-0.2, -0.15) is 5.48 Å². The lowest BCUT2D eigenvalue weighted by atomic mass is 10.0. The fourth-order valence-corrected chi connectivity index (χ4v) is 7.13. The maximum Gasteiger partial charge on any atom is 0.327 e. The van der Waals surface area contributed by atoms with Gasteiger partial charge >= 0.3 is 7.60 Å². The Morgan fingerprint density at radius 1 is 0.774 bits per heavy atom. The molecule has 17 heteroatoms. The van der Waals surface area contributed by atoms with Crippen molar-refractivity contribution in [2.24, 2.45) is 0 Å². The van der Waals surface area contributed by atoms with E-state index in [2.05, 4.69) is 28.2 Å². The van der Waals surface area contributed by atoms with E-state index in [1.54, 1.807) is 39.9 Å². The van der Waals surface area contributed by atoms with Gasteiger partial charge in [0, 0.05) is 24.2 Å². The van der Waals surface area contributed by atoms with Crippen molar-refractivity contribution in [3.8, 4) is 0 Å². The number of nitrogens with one attached hydrogen (secondary N) is 3. The largest absolute Gasteiger partial charge is 0.378 e. The maximum atomic E-state index is 12.8. The van der Waals surface area contributed by atoms with E-state index < -0.39 is 25.7 Å². The number of unbranched alkanes of at least 4 members (excludes halogenated alkanes) is 7. The number of aryl methyl sites for hydroxylation is 1. The molecule has 5 N–H and O–H groups in total. The summed E-state index contributed by atoms with van der Waals surface area (Å²) >= 11 is 0. The average Bonchev–Trinajstić information content (AvgIpc) is 3.15. The number of hydrogen-bond acceptors (Lipinski definition) is 13. The van der Waals surface area contributed by atoms with Crippen molar-refractivity contribution >= 4 is 40.8 Å². The summed E-state index contributed by atoms with van der Waals surface area (Å²) in [4.78, 5) is 46.7. The third-order valence-corrected chi connectivity index (χ3v) is 10.5. The summed E-state index contributed by atoms with van der Waals surface area (Å²) < 4.78 is 33.6. The number of aromatic nitrogens is 1. The van der Waals surface area contributed by atoms with Crippen molar-refractivity contribution in [3.05, 3.63) is 54.2 Å². The number of amides is 1. The van der Waals surface area contributed by atoms with Gasteiger partial charge in [-0.05, 0) is 53.5 Å². The number of carbonyl (C=O) groups excluding carboxylic acids is 1. The second-order valence-corrected chi connectivity index (χ2v) is 16.2. The SMILES string of the molecule is CCCCCCCCCCc1ccc(NC(=O)[C@H](CP(=O)(O)O)NOCCOCCOCCOCCOCCNOCCSSc2ccccn2)cc1. The number of hydroxylamine groups is 2. The van der Waals surface area contributed by atoms with Crippen molar-refractivity contribution in [2.45, 2.75) is 75.8 Å². The van der Waals surface area contributed by atoms with Gasteiger partial charge < -0.3 is 38.9 Å². The van der Waals surface area contributed by atoms with Gasteiger partial charge in [-0.25, -0.2) is 10.5 Å². The standard InChI is InChI=1S/C36H61N4O10PS2/c1-2-3-4-5-6-7-8-9-12-32-14-16-33(17-15-32)39-36(41)34(31-51(42,43)44)40-50-28-27-48-26-25-47-24-23-46-22-21-45-20-19-38-49-29-30-52-53-35-13-10-11-18-37-35/h10-11,13-18,34,38,40H,2-9,12,19-31H2,1H3,(H,39,41)(H2,42,43,44)/t34-/m0/s1. The molecular formula is C36H61N4O10PS2. The number of nitrogens with zero attached hydrogens (tertiary/aromatic N) is 1. The monoisotopic (exact) mass is 804 g/mol. The number of hydrogen-bond donors (Lipinski definition) is 5. The van der Waals surface area contributed by atoms with Crippen LogP contribution < -0.4 is 16.3 Å². The Kier molecular flexibility index (Phi) is 29.2. The van der Waals surface area contributed by atoms with E-state index in [1.165, 1.54) is 50.5 Å². The zero-order valence-electron chi connectivity index (χ0n) is 31.1. The molecule has 0 aliphatic heterocycles. The van der Waals surface area contributed by atoms with E-state index in [0.29, 0.717) is 65.1 Å². The maximum absolute atomic E-state index is 12.8. The fourth-order valence-electron chi connectivity index (χ4n) is 4.71. The molecule has 1 heterocycles. The van der Waals surface area contributed by atoms with Gasteiger partial charge in [-0.15, -0.1) is 0 Å². The van der Waals surface area contributed by atoms with Crippen LogP contribution in [0.2, 0.25) is 0 Å². The Bertz CT molecular complexity index is 1200. The Balaban J connectivity index is 1.41. The number of carbonyl (C=O) groups is 1. The van der Waals surface area contributed by atoms with E-state index in [9.17, 15) is 19.1 Å². The van der Waals surface area contributed by atoms with E-state index in [0.717, 1.165) is 23.6 Å². The van der Waals surface area contributed by atoms with Gasteiger partial charge in [-0.1, -0.05) is 80.9 Å². The van der Waals surface area contributed by atoms with E-state index in [1.807, 2.05) is 30.3 Å². The van der Waals surface area contributed by atoms with Crippen LogP contribution in [0.1, 0.15) is 63.9 Å². The minimum absolute atomic E-state index is 0.0635. The van der Waals surface area contributed by atoms with Crippen LogP contribution in [0.15, 0.2) is 53.7 Å². The van der Waals surface area contributed by atoms with Crippen LogP contribution in [0.3, 0.4) is 0 Å². The molecule has 53 heavy (non-hydrogen) atoms. The highest BCUT2D eigenvalue weighted by atomic mass is 33.1. The third kappa shape index (κ3) is 28.4. The summed E-state index contributed by atoms with van der Waals surface area (Å²) in [6.07, 6.45) is 12.1. The van der Waals surface area contributed by atoms with Crippen LogP contribution in [-0.2, 0) is 44.4 Å². The molecule has 0 saturated carbocycles. The molecule has 0 bridgehead atoms. The molecule has 0 unspecified atom stereocenters. The molecule has 1 aromatic carbocycles. The Morgan fingerprint density at radius 3 is 2.02 bits per heavy atom. The molecular weight excluding hydrogens is 744 g/mol. The van der Waals surface area contributed by atoms with Gasteiger partial charge in [0.05, 0.1) is 72.2 Å². The average molecular weight is 805 g/mol. The molecule has 2 aromatic rings. The fraction of sp³-hybridized carbons (Fsp3) is 0.667. The second kappa shape index (κ2) is 32.6. The first kappa shape index (κ1) is 47.5. The molecule has 2 rings (SSSR count). The summed E-state index contributed by atoms with van der Waals surface area (Å²) in [7, 11) is -1.19. The zero-order chi connectivity index (χ0) is 38.1. The normalized spacial score (nSPS) is 12.3. The first-order valence-electron chi connectivity index (χ1n) is 18.5. The van der Waals surface area contributed by atoms with Crippen LogP contribution in [0.5, 0.6) is 0 Å².